The number of hydrogen-bond acceptors (Lipinski definition) is 3. The molecule has 2 rings (SSSR count). The molecule has 2 aromatic rings. The van der Waals surface area contributed by atoms with Crippen LogP contribution >= 0.6 is 0 Å². The lowest BCUT2D eigenvalue weighted by molar-refractivity contribution is 0.574. The maximum absolute atomic E-state index is 4.01. The molecule has 82 valence electrons. The number of pyridine rings is 2. The second kappa shape index (κ2) is 5.37. The molecule has 0 saturated carbocycles. The van der Waals surface area contributed by atoms with Crippen molar-refractivity contribution in [3.8, 4) is 0 Å². The predicted molar refractivity (Wildman–Crippen MR) is 63.7 cm³/mol. The van der Waals surface area contributed by atoms with Crippen LogP contribution < -0.4 is 5.32 Å². The van der Waals surface area contributed by atoms with E-state index in [1.165, 1.54) is 11.1 Å². The van der Waals surface area contributed by atoms with Gasteiger partial charge in [-0.05, 0) is 42.3 Å². The van der Waals surface area contributed by atoms with Gasteiger partial charge in [0.2, 0.25) is 0 Å². The summed E-state index contributed by atoms with van der Waals surface area (Å²) in [5.41, 5.74) is 2.50. The Labute approximate surface area is 95.6 Å². The molecule has 0 aliphatic carbocycles. The zero-order valence-electron chi connectivity index (χ0n) is 9.30. The van der Waals surface area contributed by atoms with Crippen LogP contribution in [0.1, 0.15) is 24.1 Å². The van der Waals surface area contributed by atoms with Gasteiger partial charge >= 0.3 is 0 Å². The average Bonchev–Trinajstić information content (AvgIpc) is 2.38. The summed E-state index contributed by atoms with van der Waals surface area (Å²) in [6, 6.07) is 8.43. The standard InChI is InChI=1S/C13H15N3/c1-11(13-4-8-15-9-5-13)16-10-12-2-6-14-7-3-12/h2-9,11,16H,10H2,1H3/t11-/m0/s1. The zero-order chi connectivity index (χ0) is 11.2. The fourth-order valence-electron chi connectivity index (χ4n) is 1.54. The third-order valence-corrected chi connectivity index (χ3v) is 2.57. The van der Waals surface area contributed by atoms with Crippen molar-refractivity contribution >= 4 is 0 Å². The van der Waals surface area contributed by atoms with Crippen LogP contribution in [0.5, 0.6) is 0 Å². The van der Waals surface area contributed by atoms with Gasteiger partial charge in [-0.2, -0.15) is 0 Å². The first kappa shape index (κ1) is 10.8. The second-order valence-corrected chi connectivity index (χ2v) is 3.74. The van der Waals surface area contributed by atoms with Crippen molar-refractivity contribution in [3.63, 3.8) is 0 Å². The lowest BCUT2D eigenvalue weighted by Crippen LogP contribution is -2.17. The first-order chi connectivity index (χ1) is 7.86. The van der Waals surface area contributed by atoms with Crippen molar-refractivity contribution in [3.05, 3.63) is 60.2 Å². The summed E-state index contributed by atoms with van der Waals surface area (Å²) in [6.45, 7) is 3.00. The Kier molecular flexibility index (Phi) is 3.62. The molecule has 0 amide bonds. The van der Waals surface area contributed by atoms with Crippen LogP contribution in [0.3, 0.4) is 0 Å². The zero-order valence-corrected chi connectivity index (χ0v) is 9.30. The average molecular weight is 213 g/mol. The van der Waals surface area contributed by atoms with Crippen LogP contribution in [0.25, 0.3) is 0 Å². The summed E-state index contributed by atoms with van der Waals surface area (Å²) in [7, 11) is 0. The molecule has 3 heteroatoms. The second-order valence-electron chi connectivity index (χ2n) is 3.74. The largest absolute Gasteiger partial charge is 0.306 e. The molecule has 16 heavy (non-hydrogen) atoms. The fourth-order valence-corrected chi connectivity index (χ4v) is 1.54. The molecule has 2 heterocycles. The quantitative estimate of drug-likeness (QED) is 0.847. The van der Waals surface area contributed by atoms with Crippen molar-refractivity contribution in [1.29, 1.82) is 0 Å². The van der Waals surface area contributed by atoms with Gasteiger partial charge in [0.15, 0.2) is 0 Å². The van der Waals surface area contributed by atoms with Gasteiger partial charge in [0.05, 0.1) is 0 Å². The smallest absolute Gasteiger partial charge is 0.0296 e. The number of nitrogens with one attached hydrogen (secondary N) is 1. The van der Waals surface area contributed by atoms with Gasteiger partial charge in [0.25, 0.3) is 0 Å². The number of hydrogen-bond donors (Lipinski definition) is 1. The molecule has 0 aliphatic rings. The third kappa shape index (κ3) is 2.87. The fraction of sp³-hybridized carbons (Fsp3) is 0.231. The molecular weight excluding hydrogens is 198 g/mol. The molecule has 0 saturated heterocycles. The summed E-state index contributed by atoms with van der Waals surface area (Å²) >= 11 is 0. The van der Waals surface area contributed by atoms with Crippen LogP contribution in [0.4, 0.5) is 0 Å². The number of rotatable bonds is 4. The van der Waals surface area contributed by atoms with E-state index >= 15 is 0 Å². The van der Waals surface area contributed by atoms with Crippen LogP contribution in [0, 0.1) is 0 Å². The van der Waals surface area contributed by atoms with Crippen LogP contribution in [-0.4, -0.2) is 9.97 Å². The van der Waals surface area contributed by atoms with Crippen molar-refractivity contribution in [1.82, 2.24) is 15.3 Å². The van der Waals surface area contributed by atoms with Gasteiger partial charge in [0.1, 0.15) is 0 Å². The van der Waals surface area contributed by atoms with Gasteiger partial charge in [-0.25, -0.2) is 0 Å². The van der Waals surface area contributed by atoms with Gasteiger partial charge in [-0.1, -0.05) is 0 Å². The first-order valence-corrected chi connectivity index (χ1v) is 5.38. The minimum Gasteiger partial charge on any atom is -0.306 e. The molecule has 0 unspecified atom stereocenters. The predicted octanol–water partition coefficient (Wildman–Crippen LogP) is 2.33. The maximum atomic E-state index is 4.01. The molecule has 2 aromatic heterocycles. The molecule has 1 atom stereocenters. The van der Waals surface area contributed by atoms with Crippen molar-refractivity contribution in [2.45, 2.75) is 19.5 Å². The molecule has 0 aliphatic heterocycles. The van der Waals surface area contributed by atoms with E-state index in [2.05, 4.69) is 22.2 Å². The van der Waals surface area contributed by atoms with E-state index in [-0.39, 0.29) is 0 Å². The highest BCUT2D eigenvalue weighted by molar-refractivity contribution is 5.15. The van der Waals surface area contributed by atoms with Gasteiger partial charge < -0.3 is 5.32 Å². The van der Waals surface area contributed by atoms with Gasteiger partial charge in [-0.3, -0.25) is 9.97 Å². The van der Waals surface area contributed by atoms with E-state index in [1.807, 2.05) is 49.1 Å². The van der Waals surface area contributed by atoms with Crippen LogP contribution in [-0.2, 0) is 6.54 Å². The van der Waals surface area contributed by atoms with Gasteiger partial charge in [-0.15, -0.1) is 0 Å². The lowest BCUT2D eigenvalue weighted by atomic mass is 10.1. The Morgan fingerprint density at radius 2 is 1.56 bits per heavy atom. The molecular formula is C13H15N3. The molecule has 3 nitrogen and oxygen atoms in total. The SMILES string of the molecule is C[C@H](NCc1ccncc1)c1ccncc1. The Morgan fingerprint density at radius 3 is 2.19 bits per heavy atom. The monoisotopic (exact) mass is 213 g/mol. The van der Waals surface area contributed by atoms with Crippen molar-refractivity contribution in [2.75, 3.05) is 0 Å². The van der Waals surface area contributed by atoms with Gasteiger partial charge in [0, 0.05) is 37.4 Å². The highest BCUT2D eigenvalue weighted by atomic mass is 14.9. The lowest BCUT2D eigenvalue weighted by Gasteiger charge is -2.13. The highest BCUT2D eigenvalue weighted by Gasteiger charge is 2.03. The molecule has 0 radical (unpaired) electrons. The van der Waals surface area contributed by atoms with E-state index in [1.54, 1.807) is 0 Å². The van der Waals surface area contributed by atoms with E-state index < -0.39 is 0 Å². The van der Waals surface area contributed by atoms with E-state index in [9.17, 15) is 0 Å². The molecule has 0 aromatic carbocycles. The molecule has 0 bridgehead atoms. The Balaban J connectivity index is 1.92. The molecule has 0 fully saturated rings. The summed E-state index contributed by atoms with van der Waals surface area (Å²) in [6.07, 6.45) is 7.27. The Morgan fingerprint density at radius 1 is 1.00 bits per heavy atom. The Bertz CT molecular complexity index is 414. The highest BCUT2D eigenvalue weighted by Crippen LogP contribution is 2.10. The van der Waals surface area contributed by atoms with E-state index in [4.69, 9.17) is 0 Å². The summed E-state index contributed by atoms with van der Waals surface area (Å²) in [4.78, 5) is 8.00. The third-order valence-electron chi connectivity index (χ3n) is 2.57. The molecule has 0 spiro atoms. The first-order valence-electron chi connectivity index (χ1n) is 5.38. The number of aromatic nitrogens is 2. The summed E-state index contributed by atoms with van der Waals surface area (Å²) < 4.78 is 0. The summed E-state index contributed by atoms with van der Waals surface area (Å²) in [5.74, 6) is 0. The van der Waals surface area contributed by atoms with Crippen molar-refractivity contribution < 1.29 is 0 Å². The Hall–Kier alpha value is -1.74. The van der Waals surface area contributed by atoms with Crippen LogP contribution in [0.2, 0.25) is 0 Å². The topological polar surface area (TPSA) is 37.8 Å². The maximum Gasteiger partial charge on any atom is 0.0296 e. The van der Waals surface area contributed by atoms with E-state index in [0.717, 1.165) is 6.54 Å². The normalized spacial score (nSPS) is 12.3. The minimum atomic E-state index is 0.330. The minimum absolute atomic E-state index is 0.330. The van der Waals surface area contributed by atoms with Crippen molar-refractivity contribution in [2.24, 2.45) is 0 Å². The number of nitrogens with zero attached hydrogens (tertiary/aromatic N) is 2. The molecule has 1 N–H and O–H groups in total. The van der Waals surface area contributed by atoms with E-state index in [0.29, 0.717) is 6.04 Å². The van der Waals surface area contributed by atoms with Crippen LogP contribution in [0.15, 0.2) is 49.1 Å². The summed E-state index contributed by atoms with van der Waals surface area (Å²) in [5, 5.41) is 3.46.